The summed E-state index contributed by atoms with van der Waals surface area (Å²) in [6.07, 6.45) is -0.464. The Morgan fingerprint density at radius 1 is 0.868 bits per heavy atom. The number of carbonyl (C=O) groups is 2. The first-order chi connectivity index (χ1) is 18.4. The molecule has 4 aromatic rings. The highest BCUT2D eigenvalue weighted by atomic mass is 32.2. The Balaban J connectivity index is 1.56. The van der Waals surface area contributed by atoms with Crippen molar-refractivity contribution in [3.05, 3.63) is 84.7 Å². The molecule has 0 aliphatic carbocycles. The predicted octanol–water partition coefficient (Wildman–Crippen LogP) is 5.49. The maximum absolute atomic E-state index is 13.0. The van der Waals surface area contributed by atoms with Crippen LogP contribution in [-0.2, 0) is 9.59 Å². The summed E-state index contributed by atoms with van der Waals surface area (Å²) >= 11 is 1.29. The van der Waals surface area contributed by atoms with Crippen molar-refractivity contribution in [1.82, 2.24) is 14.8 Å². The van der Waals surface area contributed by atoms with Crippen LogP contribution in [0.4, 0.5) is 11.4 Å². The minimum absolute atomic E-state index is 0.183. The van der Waals surface area contributed by atoms with Gasteiger partial charge in [-0.05, 0) is 56.3 Å². The van der Waals surface area contributed by atoms with Crippen LogP contribution in [0.25, 0.3) is 5.69 Å². The summed E-state index contributed by atoms with van der Waals surface area (Å²) in [5.74, 6) is 1.40. The fourth-order valence-corrected chi connectivity index (χ4v) is 4.61. The smallest absolute Gasteiger partial charge is 0.237 e. The van der Waals surface area contributed by atoms with E-state index in [9.17, 15) is 9.59 Å². The van der Waals surface area contributed by atoms with Crippen LogP contribution in [0.3, 0.4) is 0 Å². The largest absolute Gasteiger partial charge is 0.493 e. The number of methoxy groups -OCH3 is 1. The van der Waals surface area contributed by atoms with Crippen LogP contribution in [0.15, 0.2) is 84.0 Å². The van der Waals surface area contributed by atoms with Crippen molar-refractivity contribution in [3.63, 3.8) is 0 Å². The molecule has 0 spiro atoms. The molecule has 9 nitrogen and oxygen atoms in total. The minimum atomic E-state index is -0.496. The Kier molecular flexibility index (Phi) is 8.65. The summed E-state index contributed by atoms with van der Waals surface area (Å²) in [4.78, 5) is 24.4. The lowest BCUT2D eigenvalue weighted by molar-refractivity contribution is -0.115. The lowest BCUT2D eigenvalue weighted by Crippen LogP contribution is -2.23. The second kappa shape index (κ2) is 12.3. The lowest BCUT2D eigenvalue weighted by atomic mass is 10.2. The van der Waals surface area contributed by atoms with Crippen molar-refractivity contribution in [2.75, 3.05) is 17.7 Å². The molecule has 4 rings (SSSR count). The van der Waals surface area contributed by atoms with Gasteiger partial charge < -0.3 is 20.1 Å². The highest BCUT2D eigenvalue weighted by Gasteiger charge is 2.25. The Labute approximate surface area is 225 Å². The number of anilines is 2. The zero-order chi connectivity index (χ0) is 27.1. The van der Waals surface area contributed by atoms with Crippen LogP contribution in [0.1, 0.15) is 32.7 Å². The van der Waals surface area contributed by atoms with Crippen LogP contribution in [0.2, 0.25) is 0 Å². The molecule has 0 saturated heterocycles. The van der Waals surface area contributed by atoms with E-state index >= 15 is 0 Å². The molecule has 1 aromatic heterocycles. The maximum atomic E-state index is 13.0. The zero-order valence-corrected chi connectivity index (χ0v) is 22.4. The maximum Gasteiger partial charge on any atom is 0.237 e. The third kappa shape index (κ3) is 6.51. The number of hydrogen-bond donors (Lipinski definition) is 2. The first-order valence-corrected chi connectivity index (χ1v) is 12.9. The summed E-state index contributed by atoms with van der Waals surface area (Å²) < 4.78 is 13.5. The number of nitrogens with one attached hydrogen (secondary N) is 2. The van der Waals surface area contributed by atoms with E-state index in [-0.39, 0.29) is 11.8 Å². The average molecular weight is 532 g/mol. The molecule has 2 unspecified atom stereocenters. The normalized spacial score (nSPS) is 12.3. The number of nitrogens with zero attached hydrogens (tertiary/aromatic N) is 3. The van der Waals surface area contributed by atoms with Crippen LogP contribution in [-0.4, -0.2) is 38.9 Å². The fourth-order valence-electron chi connectivity index (χ4n) is 3.73. The first kappa shape index (κ1) is 26.7. The van der Waals surface area contributed by atoms with E-state index in [0.717, 1.165) is 5.69 Å². The number of carbonyl (C=O) groups excluding carboxylic acids is 2. The number of rotatable bonds is 10. The summed E-state index contributed by atoms with van der Waals surface area (Å²) in [5, 5.41) is 14.5. The van der Waals surface area contributed by atoms with Gasteiger partial charge >= 0.3 is 0 Å². The van der Waals surface area contributed by atoms with Crippen molar-refractivity contribution >= 4 is 35.0 Å². The van der Waals surface area contributed by atoms with E-state index in [4.69, 9.17) is 9.47 Å². The van der Waals surface area contributed by atoms with E-state index in [2.05, 4.69) is 20.8 Å². The Morgan fingerprint density at radius 3 is 2.21 bits per heavy atom. The first-order valence-electron chi connectivity index (χ1n) is 12.0. The van der Waals surface area contributed by atoms with Gasteiger partial charge in [0.15, 0.2) is 28.6 Å². The van der Waals surface area contributed by atoms with E-state index in [1.54, 1.807) is 38.3 Å². The molecule has 0 aliphatic heterocycles. The Hall–Kier alpha value is -4.31. The molecule has 0 radical (unpaired) electrons. The molecule has 10 heteroatoms. The molecule has 0 aliphatic rings. The molecule has 38 heavy (non-hydrogen) atoms. The minimum Gasteiger partial charge on any atom is -0.493 e. The quantitative estimate of drug-likeness (QED) is 0.260. The van der Waals surface area contributed by atoms with Gasteiger partial charge in [-0.2, -0.15) is 0 Å². The second-order valence-electron chi connectivity index (χ2n) is 8.43. The van der Waals surface area contributed by atoms with Crippen molar-refractivity contribution in [3.8, 4) is 17.2 Å². The molecule has 0 bridgehead atoms. The van der Waals surface area contributed by atoms with E-state index < -0.39 is 11.4 Å². The molecule has 0 saturated carbocycles. The van der Waals surface area contributed by atoms with Gasteiger partial charge in [0.1, 0.15) is 0 Å². The molecular weight excluding hydrogens is 502 g/mol. The number of benzene rings is 3. The van der Waals surface area contributed by atoms with Crippen LogP contribution >= 0.6 is 11.8 Å². The van der Waals surface area contributed by atoms with Gasteiger partial charge in [-0.1, -0.05) is 48.2 Å². The number of para-hydroxylation sites is 3. The zero-order valence-electron chi connectivity index (χ0n) is 21.5. The topological polar surface area (TPSA) is 107 Å². The van der Waals surface area contributed by atoms with Gasteiger partial charge in [0.2, 0.25) is 11.8 Å². The molecule has 0 fully saturated rings. The van der Waals surface area contributed by atoms with Gasteiger partial charge in [0.25, 0.3) is 0 Å². The fraction of sp³-hybridized carbons (Fsp3) is 0.214. The molecule has 2 N–H and O–H groups in total. The van der Waals surface area contributed by atoms with Crippen molar-refractivity contribution in [1.29, 1.82) is 0 Å². The summed E-state index contributed by atoms with van der Waals surface area (Å²) in [5.41, 5.74) is 2.03. The lowest BCUT2D eigenvalue weighted by Gasteiger charge is -2.18. The molecule has 196 valence electrons. The third-order valence-electron chi connectivity index (χ3n) is 5.51. The Bertz CT molecular complexity index is 1410. The SMILES string of the molecule is COc1ccccc1OC(C)c1nnc(SC(C)C(=O)Nc2cccc(NC(C)=O)c2)n1-c1ccccc1. The highest BCUT2D eigenvalue weighted by molar-refractivity contribution is 8.00. The van der Waals surface area contributed by atoms with E-state index in [0.29, 0.717) is 33.9 Å². The van der Waals surface area contributed by atoms with Crippen LogP contribution < -0.4 is 20.1 Å². The molecule has 2 atom stereocenters. The predicted molar refractivity (Wildman–Crippen MR) is 148 cm³/mol. The Morgan fingerprint density at radius 2 is 1.53 bits per heavy atom. The summed E-state index contributed by atoms with van der Waals surface area (Å²) in [6, 6.07) is 24.1. The van der Waals surface area contributed by atoms with Crippen molar-refractivity contribution < 1.29 is 19.1 Å². The van der Waals surface area contributed by atoms with E-state index in [1.165, 1.54) is 18.7 Å². The van der Waals surface area contributed by atoms with Gasteiger partial charge in [-0.3, -0.25) is 14.2 Å². The summed E-state index contributed by atoms with van der Waals surface area (Å²) in [7, 11) is 1.59. The van der Waals surface area contributed by atoms with E-state index in [1.807, 2.05) is 66.1 Å². The number of ether oxygens (including phenoxy) is 2. The van der Waals surface area contributed by atoms with Gasteiger partial charge in [-0.15, -0.1) is 10.2 Å². The molecule has 2 amide bonds. The van der Waals surface area contributed by atoms with Gasteiger partial charge in [0, 0.05) is 24.0 Å². The molecular formula is C28H29N5O4S. The third-order valence-corrected chi connectivity index (χ3v) is 6.55. The van der Waals surface area contributed by atoms with Crippen LogP contribution in [0, 0.1) is 0 Å². The number of thioether (sulfide) groups is 1. The van der Waals surface area contributed by atoms with Crippen molar-refractivity contribution in [2.45, 2.75) is 37.3 Å². The number of aromatic nitrogens is 3. The van der Waals surface area contributed by atoms with Gasteiger partial charge in [0.05, 0.1) is 12.4 Å². The second-order valence-corrected chi connectivity index (χ2v) is 9.74. The highest BCUT2D eigenvalue weighted by Crippen LogP contribution is 2.33. The standard InChI is InChI=1S/C28H29N5O4S/c1-18(37-25-16-9-8-15-24(25)36-4)26-31-32-28(33(26)23-13-6-5-7-14-23)38-19(2)27(35)30-22-12-10-11-21(17-22)29-20(3)34/h5-19H,1-4H3,(H,29,34)(H,30,35). The molecule has 1 heterocycles. The molecule has 3 aromatic carbocycles. The number of hydrogen-bond acceptors (Lipinski definition) is 7. The van der Waals surface area contributed by atoms with Crippen LogP contribution in [0.5, 0.6) is 11.5 Å². The average Bonchev–Trinajstić information content (AvgIpc) is 3.33. The summed E-state index contributed by atoms with van der Waals surface area (Å²) in [6.45, 7) is 5.13. The monoisotopic (exact) mass is 531 g/mol. The number of amides is 2. The van der Waals surface area contributed by atoms with Crippen molar-refractivity contribution in [2.24, 2.45) is 0 Å². The van der Waals surface area contributed by atoms with Gasteiger partial charge in [-0.25, -0.2) is 0 Å².